The third kappa shape index (κ3) is 5.02. The first-order valence-electron chi connectivity index (χ1n) is 10.7. The van der Waals surface area contributed by atoms with Gasteiger partial charge in [-0.25, -0.2) is 4.98 Å². The summed E-state index contributed by atoms with van der Waals surface area (Å²) < 4.78 is 2.17. The van der Waals surface area contributed by atoms with Crippen LogP contribution in [-0.2, 0) is 10.3 Å². The quantitative estimate of drug-likeness (QED) is 0.520. The van der Waals surface area contributed by atoms with Crippen molar-refractivity contribution in [2.24, 2.45) is 0 Å². The van der Waals surface area contributed by atoms with Crippen LogP contribution in [0.15, 0.2) is 42.0 Å². The Labute approximate surface area is 185 Å². The fraction of sp³-hybridized carbons (Fsp3) is 0.391. The lowest BCUT2D eigenvalue weighted by Crippen LogP contribution is -2.32. The number of nitrogens with zero attached hydrogens (tertiary/aromatic N) is 3. The Kier molecular flexibility index (Phi) is 6.18. The number of pyridine rings is 1. The van der Waals surface area contributed by atoms with Gasteiger partial charge in [0.15, 0.2) is 5.13 Å². The molecule has 31 heavy (non-hydrogen) atoms. The lowest BCUT2D eigenvalue weighted by Gasteiger charge is -2.17. The molecule has 0 radical (unpaired) electrons. The van der Waals surface area contributed by atoms with Crippen molar-refractivity contribution < 1.29 is 9.59 Å². The highest BCUT2D eigenvalue weighted by Crippen LogP contribution is 2.47. The Morgan fingerprint density at radius 1 is 1.19 bits per heavy atom. The Morgan fingerprint density at radius 3 is 2.77 bits per heavy atom. The monoisotopic (exact) mass is 437 g/mol. The molecule has 1 saturated carbocycles. The molecule has 0 spiro atoms. The average molecular weight is 438 g/mol. The smallest absolute Gasteiger partial charge is 0.253 e. The second-order valence-corrected chi connectivity index (χ2v) is 8.93. The minimum absolute atomic E-state index is 0.109. The maximum atomic E-state index is 12.5. The highest BCUT2D eigenvalue weighted by atomic mass is 32.1. The molecule has 3 heterocycles. The molecule has 0 unspecified atom stereocenters. The summed E-state index contributed by atoms with van der Waals surface area (Å²) in [5.74, 6) is -0.559. The summed E-state index contributed by atoms with van der Waals surface area (Å²) in [4.78, 5) is 33.6. The number of rotatable bonds is 9. The molecule has 1 aliphatic carbocycles. The summed E-state index contributed by atoms with van der Waals surface area (Å²) in [5, 5.41) is 7.76. The van der Waals surface area contributed by atoms with Crippen molar-refractivity contribution in [2.45, 2.75) is 51.5 Å². The summed E-state index contributed by atoms with van der Waals surface area (Å²) >= 11 is 1.33. The third-order valence-electron chi connectivity index (χ3n) is 5.64. The number of hydrogen-bond acceptors (Lipinski definition) is 5. The Morgan fingerprint density at radius 2 is 2.03 bits per heavy atom. The number of nitrogens with one attached hydrogen (secondary N) is 2. The SMILES string of the molecule is CCCCC1(n2ccc(C(=O)NCC(=O)Nc3nc(-c4cccc(C)n4)cs3)c2)CC1. The first-order valence-corrected chi connectivity index (χ1v) is 11.5. The first kappa shape index (κ1) is 21.2. The van der Waals surface area contributed by atoms with Crippen LogP contribution in [0.4, 0.5) is 5.13 Å². The number of hydrogen-bond donors (Lipinski definition) is 2. The number of carbonyl (C=O) groups is 2. The van der Waals surface area contributed by atoms with E-state index in [1.165, 1.54) is 37.0 Å². The Bertz CT molecular complexity index is 1080. The molecule has 8 heteroatoms. The molecule has 3 aromatic heterocycles. The molecule has 1 fully saturated rings. The van der Waals surface area contributed by atoms with Gasteiger partial charge in [-0.05, 0) is 44.4 Å². The number of aromatic nitrogens is 3. The molecule has 0 bridgehead atoms. The Balaban J connectivity index is 1.29. The highest BCUT2D eigenvalue weighted by molar-refractivity contribution is 7.14. The predicted octanol–water partition coefficient (Wildman–Crippen LogP) is 4.36. The zero-order valence-electron chi connectivity index (χ0n) is 17.9. The molecule has 3 aromatic rings. The van der Waals surface area contributed by atoms with Gasteiger partial charge in [0, 0.05) is 29.0 Å². The molecule has 0 aromatic carbocycles. The predicted molar refractivity (Wildman–Crippen MR) is 122 cm³/mol. The molecule has 0 aliphatic heterocycles. The molecule has 0 atom stereocenters. The van der Waals surface area contributed by atoms with E-state index in [1.807, 2.05) is 49.0 Å². The average Bonchev–Trinajstić information content (AvgIpc) is 3.15. The molecule has 7 nitrogen and oxygen atoms in total. The van der Waals surface area contributed by atoms with Crippen LogP contribution in [0.1, 0.15) is 55.1 Å². The molecule has 4 rings (SSSR count). The van der Waals surface area contributed by atoms with Crippen LogP contribution in [0.2, 0.25) is 0 Å². The summed E-state index contributed by atoms with van der Waals surface area (Å²) in [5.41, 5.74) is 3.16. The van der Waals surface area contributed by atoms with Gasteiger partial charge in [-0.2, -0.15) is 0 Å². The van der Waals surface area contributed by atoms with E-state index in [9.17, 15) is 9.59 Å². The molecule has 0 saturated heterocycles. The van der Waals surface area contributed by atoms with E-state index in [0.717, 1.165) is 17.8 Å². The summed E-state index contributed by atoms with van der Waals surface area (Å²) in [6.07, 6.45) is 9.73. The second-order valence-electron chi connectivity index (χ2n) is 8.07. The van der Waals surface area contributed by atoms with Crippen LogP contribution >= 0.6 is 11.3 Å². The van der Waals surface area contributed by atoms with Gasteiger partial charge in [-0.15, -0.1) is 11.3 Å². The van der Waals surface area contributed by atoms with Crippen molar-refractivity contribution in [3.8, 4) is 11.4 Å². The van der Waals surface area contributed by atoms with Gasteiger partial charge in [-0.1, -0.05) is 25.8 Å². The largest absolute Gasteiger partial charge is 0.347 e. The lowest BCUT2D eigenvalue weighted by atomic mass is 10.1. The van der Waals surface area contributed by atoms with E-state index in [2.05, 4.69) is 32.1 Å². The van der Waals surface area contributed by atoms with Crippen LogP contribution < -0.4 is 10.6 Å². The topological polar surface area (TPSA) is 88.9 Å². The maximum Gasteiger partial charge on any atom is 0.253 e. The van der Waals surface area contributed by atoms with Crippen LogP contribution in [0, 0.1) is 6.92 Å². The van der Waals surface area contributed by atoms with Gasteiger partial charge < -0.3 is 15.2 Å². The maximum absolute atomic E-state index is 12.5. The third-order valence-corrected chi connectivity index (χ3v) is 6.39. The van der Waals surface area contributed by atoms with Crippen molar-refractivity contribution in [1.29, 1.82) is 0 Å². The highest BCUT2D eigenvalue weighted by Gasteiger charge is 2.43. The summed E-state index contributed by atoms with van der Waals surface area (Å²) in [6.45, 7) is 4.01. The summed E-state index contributed by atoms with van der Waals surface area (Å²) in [6, 6.07) is 7.55. The van der Waals surface area contributed by atoms with Crippen LogP contribution in [0.25, 0.3) is 11.4 Å². The van der Waals surface area contributed by atoms with Crippen molar-refractivity contribution in [3.05, 3.63) is 53.3 Å². The van der Waals surface area contributed by atoms with Crippen molar-refractivity contribution >= 4 is 28.3 Å². The minimum atomic E-state index is -0.313. The Hall–Kier alpha value is -3.00. The molecular weight excluding hydrogens is 410 g/mol. The minimum Gasteiger partial charge on any atom is -0.347 e. The van der Waals surface area contributed by atoms with Crippen molar-refractivity contribution in [2.75, 3.05) is 11.9 Å². The van der Waals surface area contributed by atoms with Crippen molar-refractivity contribution in [1.82, 2.24) is 19.9 Å². The van der Waals surface area contributed by atoms with Gasteiger partial charge in [0.05, 0.1) is 17.8 Å². The zero-order valence-corrected chi connectivity index (χ0v) is 18.7. The van der Waals surface area contributed by atoms with Crippen LogP contribution in [0.5, 0.6) is 0 Å². The number of unbranched alkanes of at least 4 members (excludes halogenated alkanes) is 1. The van der Waals surface area contributed by atoms with E-state index in [1.54, 1.807) is 0 Å². The molecule has 1 aliphatic rings. The second kappa shape index (κ2) is 9.01. The van der Waals surface area contributed by atoms with Gasteiger partial charge in [0.1, 0.15) is 5.69 Å². The van der Waals surface area contributed by atoms with E-state index < -0.39 is 0 Å². The number of aryl methyl sites for hydroxylation is 1. The van der Waals surface area contributed by atoms with E-state index in [4.69, 9.17) is 0 Å². The van der Waals surface area contributed by atoms with Crippen LogP contribution in [-0.4, -0.2) is 32.9 Å². The van der Waals surface area contributed by atoms with E-state index in [0.29, 0.717) is 16.4 Å². The first-order chi connectivity index (χ1) is 15.0. The van der Waals surface area contributed by atoms with Gasteiger partial charge >= 0.3 is 0 Å². The van der Waals surface area contributed by atoms with Crippen LogP contribution in [0.3, 0.4) is 0 Å². The number of amides is 2. The number of carbonyl (C=O) groups excluding carboxylic acids is 2. The number of anilines is 1. The van der Waals surface area contributed by atoms with E-state index in [-0.39, 0.29) is 23.9 Å². The molecule has 2 amide bonds. The fourth-order valence-electron chi connectivity index (χ4n) is 3.67. The number of thiazole rings is 1. The molecule has 162 valence electrons. The summed E-state index contributed by atoms with van der Waals surface area (Å²) in [7, 11) is 0. The van der Waals surface area contributed by atoms with E-state index >= 15 is 0 Å². The normalized spacial score (nSPS) is 14.3. The standard InChI is InChI=1S/C23H27N5O2S/c1-3-4-9-23(10-11-23)28-12-8-17(14-28)21(30)24-13-20(29)27-22-26-19(15-31-22)18-7-5-6-16(2)25-18/h5-8,12,14-15H,3-4,9-11,13H2,1-2H3,(H,24,30)(H,26,27,29). The van der Waals surface area contributed by atoms with Gasteiger partial charge in [0.2, 0.25) is 5.91 Å². The van der Waals surface area contributed by atoms with Gasteiger partial charge in [0.25, 0.3) is 5.91 Å². The van der Waals surface area contributed by atoms with Gasteiger partial charge in [-0.3, -0.25) is 14.6 Å². The lowest BCUT2D eigenvalue weighted by molar-refractivity contribution is -0.115. The molecule has 2 N–H and O–H groups in total. The zero-order chi connectivity index (χ0) is 21.8. The van der Waals surface area contributed by atoms with Crippen molar-refractivity contribution in [3.63, 3.8) is 0 Å². The molecular formula is C23H27N5O2S. The fourth-order valence-corrected chi connectivity index (χ4v) is 4.39.